The predicted molar refractivity (Wildman–Crippen MR) is 54.6 cm³/mol. The molecule has 0 radical (unpaired) electrons. The first-order valence-electron chi connectivity index (χ1n) is 5.62. The Hall–Kier alpha value is -0.610. The number of hydrazine groups is 1. The van der Waals surface area contributed by atoms with Crippen LogP contribution in [0.4, 0.5) is 0 Å². The summed E-state index contributed by atoms with van der Waals surface area (Å²) in [5.74, 6) is 0.137. The molecule has 0 unspecified atom stereocenters. The maximum Gasteiger partial charge on any atom is 0.235 e. The van der Waals surface area contributed by atoms with Crippen LogP contribution in [0.25, 0.3) is 0 Å². The van der Waals surface area contributed by atoms with E-state index in [1.165, 1.54) is 19.3 Å². The van der Waals surface area contributed by atoms with Gasteiger partial charge in [0.15, 0.2) is 0 Å². The van der Waals surface area contributed by atoms with Crippen molar-refractivity contribution in [2.75, 3.05) is 19.6 Å². The van der Waals surface area contributed by atoms with E-state index in [4.69, 9.17) is 0 Å². The van der Waals surface area contributed by atoms with Crippen LogP contribution in [0.15, 0.2) is 0 Å². The lowest BCUT2D eigenvalue weighted by molar-refractivity contribution is -0.121. The molecule has 14 heavy (non-hydrogen) atoms. The summed E-state index contributed by atoms with van der Waals surface area (Å²) in [6.07, 6.45) is 6.14. The summed E-state index contributed by atoms with van der Waals surface area (Å²) < 4.78 is 0. The van der Waals surface area contributed by atoms with Gasteiger partial charge in [-0.15, -0.1) is 0 Å². The normalized spacial score (nSPS) is 23.4. The molecule has 1 saturated carbocycles. The van der Waals surface area contributed by atoms with E-state index in [2.05, 4.69) is 15.8 Å². The first kappa shape index (κ1) is 9.93. The Morgan fingerprint density at radius 1 is 1.21 bits per heavy atom. The summed E-state index contributed by atoms with van der Waals surface area (Å²) >= 11 is 0. The molecular weight excluding hydrogens is 178 g/mol. The molecule has 2 N–H and O–H groups in total. The van der Waals surface area contributed by atoms with Crippen molar-refractivity contribution in [1.29, 1.82) is 0 Å². The lowest BCUT2D eigenvalue weighted by Crippen LogP contribution is -2.46. The fourth-order valence-corrected chi connectivity index (χ4v) is 1.74. The van der Waals surface area contributed by atoms with E-state index >= 15 is 0 Å². The van der Waals surface area contributed by atoms with Crippen molar-refractivity contribution in [2.24, 2.45) is 0 Å². The minimum Gasteiger partial charge on any atom is -0.352 e. The van der Waals surface area contributed by atoms with Gasteiger partial charge in [-0.2, -0.15) is 0 Å². The highest BCUT2D eigenvalue weighted by atomic mass is 16.2. The van der Waals surface area contributed by atoms with Crippen LogP contribution in [-0.4, -0.2) is 36.6 Å². The van der Waals surface area contributed by atoms with Crippen molar-refractivity contribution >= 4 is 5.91 Å². The molecule has 1 saturated heterocycles. The molecule has 2 aliphatic rings. The Balaban J connectivity index is 1.57. The molecule has 4 nitrogen and oxygen atoms in total. The zero-order valence-corrected chi connectivity index (χ0v) is 8.59. The summed E-state index contributed by atoms with van der Waals surface area (Å²) in [6.45, 7) is 2.60. The van der Waals surface area contributed by atoms with Crippen molar-refractivity contribution in [3.8, 4) is 0 Å². The number of piperidine rings is 1. The second kappa shape index (κ2) is 4.75. The Bertz CT molecular complexity index is 198. The number of rotatable bonds is 4. The third kappa shape index (κ3) is 3.27. The van der Waals surface area contributed by atoms with Gasteiger partial charge in [0.25, 0.3) is 0 Å². The van der Waals surface area contributed by atoms with Crippen LogP contribution in [0.1, 0.15) is 32.1 Å². The van der Waals surface area contributed by atoms with Crippen molar-refractivity contribution in [3.63, 3.8) is 0 Å². The molecule has 80 valence electrons. The molecule has 0 spiro atoms. The largest absolute Gasteiger partial charge is 0.352 e. The van der Waals surface area contributed by atoms with Crippen molar-refractivity contribution in [1.82, 2.24) is 15.8 Å². The van der Waals surface area contributed by atoms with Gasteiger partial charge in [-0.25, -0.2) is 10.4 Å². The molecule has 1 aliphatic carbocycles. The summed E-state index contributed by atoms with van der Waals surface area (Å²) in [6, 6.07) is 0.477. The van der Waals surface area contributed by atoms with Gasteiger partial charge < -0.3 is 5.32 Å². The Morgan fingerprint density at radius 2 is 1.93 bits per heavy atom. The molecule has 1 amide bonds. The quantitative estimate of drug-likeness (QED) is 0.679. The topological polar surface area (TPSA) is 44.4 Å². The maximum absolute atomic E-state index is 11.3. The fraction of sp³-hybridized carbons (Fsp3) is 0.900. The van der Waals surface area contributed by atoms with Crippen molar-refractivity contribution in [3.05, 3.63) is 0 Å². The van der Waals surface area contributed by atoms with E-state index in [1.807, 2.05) is 0 Å². The molecule has 0 atom stereocenters. The van der Waals surface area contributed by atoms with E-state index in [0.29, 0.717) is 12.6 Å². The summed E-state index contributed by atoms with van der Waals surface area (Å²) in [4.78, 5) is 11.3. The number of nitrogens with zero attached hydrogens (tertiary/aromatic N) is 1. The highest BCUT2D eigenvalue weighted by Crippen LogP contribution is 2.18. The first-order valence-corrected chi connectivity index (χ1v) is 5.62. The monoisotopic (exact) mass is 197 g/mol. The molecule has 4 heteroatoms. The third-order valence-electron chi connectivity index (χ3n) is 2.76. The molecule has 0 aromatic heterocycles. The van der Waals surface area contributed by atoms with E-state index < -0.39 is 0 Å². The number of carbonyl (C=O) groups excluding carboxylic acids is 1. The van der Waals surface area contributed by atoms with Crippen molar-refractivity contribution in [2.45, 2.75) is 38.1 Å². The van der Waals surface area contributed by atoms with E-state index in [-0.39, 0.29) is 5.91 Å². The molecule has 0 aromatic carbocycles. The van der Waals surface area contributed by atoms with Gasteiger partial charge in [0, 0.05) is 19.1 Å². The molecule has 2 fully saturated rings. The van der Waals surface area contributed by atoms with E-state index in [9.17, 15) is 4.79 Å². The lowest BCUT2D eigenvalue weighted by atomic mass is 10.2. The fourth-order valence-electron chi connectivity index (χ4n) is 1.74. The Morgan fingerprint density at radius 3 is 2.57 bits per heavy atom. The smallest absolute Gasteiger partial charge is 0.235 e. The van der Waals surface area contributed by atoms with Crippen LogP contribution in [0, 0.1) is 0 Å². The van der Waals surface area contributed by atoms with Gasteiger partial charge in [0.05, 0.1) is 6.54 Å². The zero-order valence-electron chi connectivity index (χ0n) is 8.59. The zero-order chi connectivity index (χ0) is 9.80. The minimum absolute atomic E-state index is 0.137. The van der Waals surface area contributed by atoms with Crippen LogP contribution in [0.3, 0.4) is 0 Å². The van der Waals surface area contributed by atoms with Gasteiger partial charge in [-0.3, -0.25) is 4.79 Å². The van der Waals surface area contributed by atoms with Crippen LogP contribution >= 0.6 is 0 Å². The molecule has 0 bridgehead atoms. The first-order chi connectivity index (χ1) is 6.84. The number of nitrogens with one attached hydrogen (secondary N) is 2. The number of hydrogen-bond acceptors (Lipinski definition) is 3. The van der Waals surface area contributed by atoms with Crippen LogP contribution < -0.4 is 10.7 Å². The van der Waals surface area contributed by atoms with Gasteiger partial charge >= 0.3 is 0 Å². The van der Waals surface area contributed by atoms with Crippen LogP contribution in [0.2, 0.25) is 0 Å². The molecule has 1 aliphatic heterocycles. The average molecular weight is 197 g/mol. The van der Waals surface area contributed by atoms with E-state index in [0.717, 1.165) is 25.9 Å². The van der Waals surface area contributed by atoms with Gasteiger partial charge in [0.1, 0.15) is 0 Å². The molecule has 0 aromatic rings. The van der Waals surface area contributed by atoms with Crippen LogP contribution in [-0.2, 0) is 4.79 Å². The Kier molecular flexibility index (Phi) is 3.37. The average Bonchev–Trinajstić information content (AvgIpc) is 3.00. The second-order valence-electron chi connectivity index (χ2n) is 4.22. The van der Waals surface area contributed by atoms with Gasteiger partial charge in [-0.05, 0) is 25.7 Å². The number of carbonyl (C=O) groups is 1. The highest BCUT2D eigenvalue weighted by Gasteiger charge is 2.23. The summed E-state index contributed by atoms with van der Waals surface area (Å²) in [7, 11) is 0. The Labute approximate surface area is 85.0 Å². The number of hydrogen-bond donors (Lipinski definition) is 2. The van der Waals surface area contributed by atoms with Gasteiger partial charge in [-0.1, -0.05) is 6.42 Å². The second-order valence-corrected chi connectivity index (χ2v) is 4.22. The predicted octanol–water partition coefficient (Wildman–Crippen LogP) is 0.255. The standard InChI is InChI=1S/C10H19N3O/c14-10(12-9-4-5-9)8-11-13-6-2-1-3-7-13/h9,11H,1-8H2,(H,12,14). The SMILES string of the molecule is O=C(CNN1CCCCC1)NC1CC1. The lowest BCUT2D eigenvalue weighted by Gasteiger charge is -2.26. The maximum atomic E-state index is 11.3. The van der Waals surface area contributed by atoms with E-state index in [1.54, 1.807) is 0 Å². The highest BCUT2D eigenvalue weighted by molar-refractivity contribution is 5.78. The third-order valence-corrected chi connectivity index (χ3v) is 2.76. The van der Waals surface area contributed by atoms with Gasteiger partial charge in [0.2, 0.25) is 5.91 Å². The molecular formula is C10H19N3O. The molecule has 1 heterocycles. The summed E-state index contributed by atoms with van der Waals surface area (Å²) in [5.41, 5.74) is 3.18. The summed E-state index contributed by atoms with van der Waals surface area (Å²) in [5, 5.41) is 5.13. The molecule has 2 rings (SSSR count). The van der Waals surface area contributed by atoms with Crippen LogP contribution in [0.5, 0.6) is 0 Å². The van der Waals surface area contributed by atoms with Crippen molar-refractivity contribution < 1.29 is 4.79 Å². The minimum atomic E-state index is 0.137. The number of amides is 1.